The van der Waals surface area contributed by atoms with Crippen molar-refractivity contribution in [3.05, 3.63) is 71.8 Å². The fourth-order valence-corrected chi connectivity index (χ4v) is 4.21. The van der Waals surface area contributed by atoms with Gasteiger partial charge in [-0.15, -0.1) is 0 Å². The van der Waals surface area contributed by atoms with Crippen molar-refractivity contribution in [3.63, 3.8) is 0 Å². The zero-order chi connectivity index (χ0) is 20.4. The van der Waals surface area contributed by atoms with Crippen molar-refractivity contribution in [2.24, 2.45) is 0 Å². The van der Waals surface area contributed by atoms with E-state index in [1.54, 1.807) is 0 Å². The molecular weight excluding hydrogens is 366 g/mol. The summed E-state index contributed by atoms with van der Waals surface area (Å²) in [4.78, 5) is 14.6. The number of benzene rings is 2. The van der Waals surface area contributed by atoms with Crippen LogP contribution in [0.15, 0.2) is 60.7 Å². The van der Waals surface area contributed by atoms with Crippen LogP contribution in [-0.4, -0.2) is 32.0 Å². The molecule has 0 radical (unpaired) electrons. The van der Waals surface area contributed by atoms with Crippen LogP contribution in [0.1, 0.15) is 37.9 Å². The lowest BCUT2D eigenvalue weighted by atomic mass is 10.0. The van der Waals surface area contributed by atoms with E-state index >= 15 is 0 Å². The maximum absolute atomic E-state index is 12.8. The molecule has 1 aliphatic rings. The summed E-state index contributed by atoms with van der Waals surface area (Å²) in [6.45, 7) is 12.1. The van der Waals surface area contributed by atoms with E-state index < -0.39 is 8.32 Å². The summed E-state index contributed by atoms with van der Waals surface area (Å²) < 4.78 is 12.2. The van der Waals surface area contributed by atoms with Gasteiger partial charge < -0.3 is 9.16 Å². The van der Waals surface area contributed by atoms with Crippen molar-refractivity contribution in [2.75, 3.05) is 6.61 Å². The van der Waals surface area contributed by atoms with Gasteiger partial charge in [0.2, 0.25) is 0 Å². The molecule has 0 N–H and O–H groups in total. The molecule has 1 saturated heterocycles. The maximum Gasteiger partial charge on any atom is 0.411 e. The topological polar surface area (TPSA) is 38.8 Å². The van der Waals surface area contributed by atoms with Gasteiger partial charge in [-0.1, -0.05) is 81.4 Å². The number of rotatable bonds is 6. The highest BCUT2D eigenvalue weighted by atomic mass is 28.4. The Bertz CT molecular complexity index is 786. The van der Waals surface area contributed by atoms with Gasteiger partial charge in [0.05, 0.1) is 6.61 Å². The largest absolute Gasteiger partial charge is 0.441 e. The third kappa shape index (κ3) is 4.47. The molecular formula is C23H31NO3Si. The number of carbonyl (C=O) groups excluding carboxylic acids is 1. The van der Waals surface area contributed by atoms with E-state index in [9.17, 15) is 4.79 Å². The molecule has 0 bridgehead atoms. The minimum absolute atomic E-state index is 0.113. The van der Waals surface area contributed by atoms with Crippen molar-refractivity contribution in [1.29, 1.82) is 0 Å². The highest BCUT2D eigenvalue weighted by molar-refractivity contribution is 6.74. The van der Waals surface area contributed by atoms with Crippen molar-refractivity contribution in [1.82, 2.24) is 4.90 Å². The Kier molecular flexibility index (Phi) is 5.96. The standard InChI is InChI=1S/C23H31NO3Si/c1-23(2,3)28(4,5)26-17-20-21(19-14-10-7-11-15-19)24(22(25)27-20)16-18-12-8-6-9-13-18/h6-15,20-21H,16-17H2,1-5H3/t20-,21-/m1/s1. The Balaban J connectivity index is 1.84. The average Bonchev–Trinajstić information content (AvgIpc) is 2.96. The maximum atomic E-state index is 12.8. The minimum atomic E-state index is -1.93. The van der Waals surface area contributed by atoms with Gasteiger partial charge in [0.25, 0.3) is 0 Å². The first-order valence-corrected chi connectivity index (χ1v) is 12.8. The van der Waals surface area contributed by atoms with Crippen molar-refractivity contribution < 1.29 is 14.0 Å². The van der Waals surface area contributed by atoms with Gasteiger partial charge in [0, 0.05) is 6.54 Å². The predicted molar refractivity (Wildman–Crippen MR) is 115 cm³/mol. The van der Waals surface area contributed by atoms with Gasteiger partial charge in [-0.3, -0.25) is 4.90 Å². The highest BCUT2D eigenvalue weighted by Gasteiger charge is 2.45. The summed E-state index contributed by atoms with van der Waals surface area (Å²) >= 11 is 0. The van der Waals surface area contributed by atoms with E-state index in [1.807, 2.05) is 53.4 Å². The zero-order valence-electron chi connectivity index (χ0n) is 17.5. The lowest BCUT2D eigenvalue weighted by molar-refractivity contribution is 0.0864. The first kappa shape index (κ1) is 20.6. The number of cyclic esters (lactones) is 1. The van der Waals surface area contributed by atoms with Gasteiger partial charge in [-0.25, -0.2) is 4.79 Å². The highest BCUT2D eigenvalue weighted by Crippen LogP contribution is 2.39. The van der Waals surface area contributed by atoms with Crippen LogP contribution in [0.3, 0.4) is 0 Å². The molecule has 0 unspecified atom stereocenters. The minimum Gasteiger partial charge on any atom is -0.441 e. The molecule has 1 heterocycles. The number of ether oxygens (including phenoxy) is 1. The monoisotopic (exact) mass is 397 g/mol. The summed E-state index contributed by atoms with van der Waals surface area (Å²) in [6.07, 6.45) is -0.589. The summed E-state index contributed by atoms with van der Waals surface area (Å²) in [6, 6.07) is 20.0. The second kappa shape index (κ2) is 8.09. The molecule has 150 valence electrons. The van der Waals surface area contributed by atoms with Gasteiger partial charge in [-0.05, 0) is 29.3 Å². The van der Waals surface area contributed by atoms with Crippen LogP contribution >= 0.6 is 0 Å². The molecule has 2 atom stereocenters. The Morgan fingerprint density at radius 1 is 1.00 bits per heavy atom. The van der Waals surface area contributed by atoms with Crippen LogP contribution in [0.5, 0.6) is 0 Å². The summed E-state index contributed by atoms with van der Waals surface area (Å²) in [5, 5.41) is 0.113. The SMILES string of the molecule is CC(C)(C)[Si](C)(C)OC[C@H]1OC(=O)N(Cc2ccccc2)[C@@H]1c1ccccc1. The molecule has 1 aliphatic heterocycles. The lowest BCUT2D eigenvalue weighted by Gasteiger charge is -2.37. The van der Waals surface area contributed by atoms with E-state index in [1.165, 1.54) is 0 Å². The third-order valence-corrected chi connectivity index (χ3v) is 10.4. The van der Waals surface area contributed by atoms with Crippen LogP contribution < -0.4 is 0 Å². The van der Waals surface area contributed by atoms with Crippen LogP contribution in [0, 0.1) is 0 Å². The molecule has 2 aromatic carbocycles. The van der Waals surface area contributed by atoms with E-state index in [2.05, 4.69) is 46.0 Å². The average molecular weight is 398 g/mol. The van der Waals surface area contributed by atoms with Gasteiger partial charge in [0.15, 0.2) is 14.4 Å². The van der Waals surface area contributed by atoms with Crippen LogP contribution in [-0.2, 0) is 15.7 Å². The van der Waals surface area contributed by atoms with E-state index in [4.69, 9.17) is 9.16 Å². The molecule has 0 aromatic heterocycles. The summed E-state index contributed by atoms with van der Waals surface area (Å²) in [5.41, 5.74) is 2.17. The summed E-state index contributed by atoms with van der Waals surface area (Å²) in [7, 11) is -1.93. The Hall–Kier alpha value is -2.11. The number of nitrogens with zero attached hydrogens (tertiary/aromatic N) is 1. The van der Waals surface area contributed by atoms with Crippen LogP contribution in [0.25, 0.3) is 0 Å². The van der Waals surface area contributed by atoms with Crippen LogP contribution in [0.2, 0.25) is 18.1 Å². The Morgan fingerprint density at radius 2 is 1.57 bits per heavy atom. The smallest absolute Gasteiger partial charge is 0.411 e. The molecule has 5 heteroatoms. The van der Waals surface area contributed by atoms with Crippen molar-refractivity contribution >= 4 is 14.4 Å². The third-order valence-electron chi connectivity index (χ3n) is 5.93. The first-order chi connectivity index (χ1) is 13.2. The Labute approximate surface area is 169 Å². The number of carbonyl (C=O) groups is 1. The van der Waals surface area contributed by atoms with Gasteiger partial charge >= 0.3 is 6.09 Å². The van der Waals surface area contributed by atoms with E-state index in [0.29, 0.717) is 13.2 Å². The number of hydrogen-bond donors (Lipinski definition) is 0. The molecule has 0 saturated carbocycles. The molecule has 2 aromatic rings. The first-order valence-electron chi connectivity index (χ1n) is 9.89. The van der Waals surface area contributed by atoms with Crippen LogP contribution in [0.4, 0.5) is 4.79 Å². The van der Waals surface area contributed by atoms with Crippen molar-refractivity contribution in [3.8, 4) is 0 Å². The molecule has 1 amide bonds. The number of amides is 1. The normalized spacial score (nSPS) is 20.3. The second-order valence-corrected chi connectivity index (χ2v) is 13.8. The molecule has 3 rings (SSSR count). The second-order valence-electron chi connectivity index (χ2n) is 8.96. The molecule has 4 nitrogen and oxygen atoms in total. The molecule has 1 fully saturated rings. The van der Waals surface area contributed by atoms with Gasteiger partial charge in [0.1, 0.15) is 6.04 Å². The van der Waals surface area contributed by atoms with E-state index in [0.717, 1.165) is 11.1 Å². The quantitative estimate of drug-likeness (QED) is 0.581. The Morgan fingerprint density at radius 3 is 2.14 bits per heavy atom. The zero-order valence-corrected chi connectivity index (χ0v) is 18.5. The lowest BCUT2D eigenvalue weighted by Crippen LogP contribution is -2.43. The molecule has 0 aliphatic carbocycles. The fraction of sp³-hybridized carbons (Fsp3) is 0.435. The van der Waals surface area contributed by atoms with E-state index in [-0.39, 0.29) is 23.3 Å². The van der Waals surface area contributed by atoms with Gasteiger partial charge in [-0.2, -0.15) is 0 Å². The van der Waals surface area contributed by atoms with Crippen molar-refractivity contribution in [2.45, 2.75) is 57.6 Å². The fourth-order valence-electron chi connectivity index (χ4n) is 3.20. The molecule has 0 spiro atoms. The molecule has 28 heavy (non-hydrogen) atoms. The summed E-state index contributed by atoms with van der Waals surface area (Å²) in [5.74, 6) is 0. The predicted octanol–water partition coefficient (Wildman–Crippen LogP) is 5.77. The number of hydrogen-bond acceptors (Lipinski definition) is 3.